The summed E-state index contributed by atoms with van der Waals surface area (Å²) >= 11 is 0. The average Bonchev–Trinajstić information content (AvgIpc) is 3.40. The molecule has 0 radical (unpaired) electrons. The molecular weight excluding hydrogens is 1260 g/mol. The van der Waals surface area contributed by atoms with Crippen LogP contribution in [0, 0.1) is 0 Å². The normalized spacial score (nSPS) is 31.9. The third kappa shape index (κ3) is 24.4. The van der Waals surface area contributed by atoms with Gasteiger partial charge in [0.2, 0.25) is 0 Å². The fourth-order valence-corrected chi connectivity index (χ4v) is 10.7. The molecule has 0 aromatic carbocycles. The molecule has 45 nitrogen and oxygen atoms in total. The van der Waals surface area contributed by atoms with Gasteiger partial charge in [-0.2, -0.15) is 84.2 Å². The van der Waals surface area contributed by atoms with E-state index < -0.39 is 216 Å². The van der Waals surface area contributed by atoms with Crippen LogP contribution in [0.2, 0.25) is 0 Å². The Morgan fingerprint density at radius 3 is 0.658 bits per heavy atom. The third-order valence-electron chi connectivity index (χ3n) is 8.06. The minimum Gasteiger partial charge on any atom is -0.364 e. The Hall–Kier alpha value is -1.50. The maximum Gasteiger partial charge on any atom is 0.397 e. The van der Waals surface area contributed by atoms with Gasteiger partial charge >= 0.3 is 104 Å². The lowest BCUT2D eigenvalue weighted by atomic mass is 9.99. The highest BCUT2D eigenvalue weighted by Crippen LogP contribution is 2.37. The zero-order valence-electron chi connectivity index (χ0n) is 33.8. The van der Waals surface area contributed by atoms with E-state index in [2.05, 4.69) is 41.8 Å². The van der Waals surface area contributed by atoms with E-state index in [0.717, 1.165) is 0 Å². The lowest BCUT2D eigenvalue weighted by molar-refractivity contribution is -0.296. The summed E-state index contributed by atoms with van der Waals surface area (Å²) < 4.78 is 396. The van der Waals surface area contributed by atoms with Crippen molar-refractivity contribution in [2.75, 3.05) is 26.4 Å². The Kier molecular flexibility index (Phi) is 21.5. The van der Waals surface area contributed by atoms with Crippen molar-refractivity contribution >= 4 is 104 Å². The summed E-state index contributed by atoms with van der Waals surface area (Å²) in [5.74, 6) is 0. The Morgan fingerprint density at radius 1 is 0.247 bits per heavy atom. The molecule has 73 heavy (non-hydrogen) atoms. The van der Waals surface area contributed by atoms with Crippen LogP contribution in [0.5, 0.6) is 0 Å². The standard InChI is InChI=1S/C18H32O45S10/c19-64(20,21)51-3-7-11(58-68(31,32)33)13(60-70(37,38)39)15(62-72(43,44)45)17(54-7)49-1-5-9(56-66(25,26)27)10(57-67(28,29)30)6(53-5)2-50-18-16(63-73(46,47)48)14(61-71(40,41)42)12(59-69(34,35)36)8(55-18)4-52-65(22,23)24/h5-18H,1-4H2,(H,19,20,21)(H,22,23,24)(H,25,26,27)(H,28,29,30)(H,31,32,33)(H,34,35,36)(H,37,38,39)(H,40,41,42)(H,43,44,45)(H,46,47,48)/t5-,6+,7-,8-,9+,10+,11-,12-,13-,14-,15+,16+,17-,18-/m1/s1. The van der Waals surface area contributed by atoms with Gasteiger partial charge in [-0.15, -0.1) is 0 Å². The van der Waals surface area contributed by atoms with Crippen LogP contribution in [-0.4, -0.2) is 242 Å². The summed E-state index contributed by atoms with van der Waals surface area (Å²) in [6.07, 6.45) is -42.1. The van der Waals surface area contributed by atoms with Crippen molar-refractivity contribution in [1.29, 1.82) is 0 Å². The number of ether oxygens (including phenoxy) is 5. The smallest absolute Gasteiger partial charge is 0.364 e. The molecule has 0 bridgehead atoms. The number of rotatable bonds is 28. The molecule has 3 aliphatic heterocycles. The molecular formula is C18H32O45S10. The summed E-state index contributed by atoms with van der Waals surface area (Å²) in [5.41, 5.74) is 0. The van der Waals surface area contributed by atoms with Gasteiger partial charge in [-0.3, -0.25) is 45.5 Å². The fraction of sp³-hybridized carbons (Fsp3) is 1.00. The molecule has 0 aliphatic carbocycles. The molecule has 3 fully saturated rings. The average molecular weight is 1290 g/mol. The Bertz CT molecular complexity index is 2880. The van der Waals surface area contributed by atoms with Crippen molar-refractivity contribution in [3.05, 3.63) is 0 Å². The van der Waals surface area contributed by atoms with Gasteiger partial charge in [0.25, 0.3) is 0 Å². The van der Waals surface area contributed by atoms with Crippen LogP contribution in [0.15, 0.2) is 0 Å². The minimum atomic E-state index is -6.14. The van der Waals surface area contributed by atoms with Crippen molar-refractivity contribution in [3.8, 4) is 0 Å². The van der Waals surface area contributed by atoms with Crippen molar-refractivity contribution in [1.82, 2.24) is 0 Å². The molecule has 0 saturated carbocycles. The van der Waals surface area contributed by atoms with Crippen LogP contribution < -0.4 is 0 Å². The maximum atomic E-state index is 12.0. The van der Waals surface area contributed by atoms with Crippen LogP contribution in [0.3, 0.4) is 0 Å². The van der Waals surface area contributed by atoms with Crippen LogP contribution in [0.25, 0.3) is 0 Å². The molecule has 55 heteroatoms. The van der Waals surface area contributed by atoms with E-state index >= 15 is 0 Å². The quantitative estimate of drug-likeness (QED) is 0.0325. The van der Waals surface area contributed by atoms with Gasteiger partial charge in [-0.1, -0.05) is 0 Å². The van der Waals surface area contributed by atoms with E-state index in [1.807, 2.05) is 0 Å². The fourth-order valence-electron chi connectivity index (χ4n) is 6.06. The molecule has 0 unspecified atom stereocenters. The molecule has 3 heterocycles. The van der Waals surface area contributed by atoms with E-state index in [9.17, 15) is 121 Å². The van der Waals surface area contributed by atoms with Gasteiger partial charge in [-0.25, -0.2) is 41.8 Å². The highest BCUT2D eigenvalue weighted by Gasteiger charge is 2.58. The molecule has 0 aromatic heterocycles. The Balaban J connectivity index is 2.22. The summed E-state index contributed by atoms with van der Waals surface area (Å²) in [4.78, 5) is 0. The predicted molar refractivity (Wildman–Crippen MR) is 204 cm³/mol. The second-order valence-corrected chi connectivity index (χ2v) is 23.9. The van der Waals surface area contributed by atoms with Gasteiger partial charge in [0.15, 0.2) is 24.8 Å². The van der Waals surface area contributed by atoms with Gasteiger partial charge in [0.1, 0.15) is 61.0 Å². The Labute approximate surface area is 409 Å². The monoisotopic (exact) mass is 1290 g/mol. The lowest BCUT2D eigenvalue weighted by Gasteiger charge is -2.43. The van der Waals surface area contributed by atoms with Crippen LogP contribution in [0.1, 0.15) is 0 Å². The first-order chi connectivity index (χ1) is 32.4. The first kappa shape index (κ1) is 65.8. The van der Waals surface area contributed by atoms with E-state index in [0.29, 0.717) is 0 Å². The van der Waals surface area contributed by atoms with Gasteiger partial charge in [0.05, 0.1) is 26.4 Å². The van der Waals surface area contributed by atoms with E-state index in [1.165, 1.54) is 0 Å². The molecule has 0 aromatic rings. The molecule has 14 atom stereocenters. The highest BCUT2D eigenvalue weighted by molar-refractivity contribution is 7.83. The summed E-state index contributed by atoms with van der Waals surface area (Å²) in [6, 6.07) is 0. The zero-order valence-corrected chi connectivity index (χ0v) is 41.9. The molecule has 3 saturated heterocycles. The molecule has 3 rings (SSSR count). The van der Waals surface area contributed by atoms with E-state index in [-0.39, 0.29) is 0 Å². The van der Waals surface area contributed by atoms with Crippen molar-refractivity contribution < 1.29 is 195 Å². The molecule has 0 spiro atoms. The first-order valence-electron chi connectivity index (χ1n) is 17.1. The SMILES string of the molecule is O=S(=O)(O)OC[C@H]1O[C@@H](OC[C@@H]2O[C@H](CO[C@@H]3O[C@H](COS(=O)(=O)O)[C@@H](OS(=O)(=O)O)[C@@H](OS(=O)(=O)O)[C@@H]3OS(=O)(=O)O)[C@H](OS(=O)(=O)O)[C@H]2OS(=O)(=O)O)[C@@H](OS(=O)(=O)O)[C@H](OS(=O)(=O)O)[C@@H]1OS(=O)(=O)O. The van der Waals surface area contributed by atoms with E-state index in [4.69, 9.17) is 32.8 Å². The van der Waals surface area contributed by atoms with Crippen molar-refractivity contribution in [3.63, 3.8) is 0 Å². The largest absolute Gasteiger partial charge is 0.397 e. The molecule has 434 valence electrons. The second kappa shape index (κ2) is 23.8. The second-order valence-electron chi connectivity index (χ2n) is 13.3. The highest BCUT2D eigenvalue weighted by atomic mass is 32.3. The topological polar surface area (TPSA) is 682 Å². The summed E-state index contributed by atoms with van der Waals surface area (Å²) in [6.45, 7) is -7.33. The van der Waals surface area contributed by atoms with Crippen LogP contribution in [0.4, 0.5) is 0 Å². The lowest BCUT2D eigenvalue weighted by Crippen LogP contribution is -2.63. The van der Waals surface area contributed by atoms with Gasteiger partial charge in [-0.05, 0) is 0 Å². The van der Waals surface area contributed by atoms with Crippen molar-refractivity contribution in [2.45, 2.75) is 85.8 Å². The molecule has 10 N–H and O–H groups in total. The van der Waals surface area contributed by atoms with Crippen LogP contribution in [-0.2, 0) is 170 Å². The summed E-state index contributed by atoms with van der Waals surface area (Å²) in [7, 11) is -60.1. The van der Waals surface area contributed by atoms with Crippen molar-refractivity contribution in [2.24, 2.45) is 0 Å². The number of hydrogen-bond donors (Lipinski definition) is 10. The third-order valence-corrected chi connectivity index (χ3v) is 12.7. The summed E-state index contributed by atoms with van der Waals surface area (Å²) in [5, 5.41) is 0. The predicted octanol–water partition coefficient (Wildman–Crippen LogP) is -8.62. The molecule has 0 amide bonds. The van der Waals surface area contributed by atoms with Crippen LogP contribution >= 0.6 is 0 Å². The Morgan fingerprint density at radius 2 is 0.438 bits per heavy atom. The maximum absolute atomic E-state index is 12.0. The van der Waals surface area contributed by atoms with Gasteiger partial charge < -0.3 is 23.7 Å². The first-order valence-corrected chi connectivity index (χ1v) is 30.7. The van der Waals surface area contributed by atoms with E-state index in [1.54, 1.807) is 0 Å². The number of hydrogen-bond acceptors (Lipinski definition) is 35. The van der Waals surface area contributed by atoms with Gasteiger partial charge in [0, 0.05) is 0 Å². The molecule has 3 aliphatic rings. The zero-order chi connectivity index (χ0) is 56.5. The minimum absolute atomic E-state index is 1.80.